The number of benzene rings is 1. The van der Waals surface area contributed by atoms with Gasteiger partial charge in [-0.2, -0.15) is 10.2 Å². The van der Waals surface area contributed by atoms with Crippen LogP contribution >= 0.6 is 46.4 Å². The number of hydrogen-bond donors (Lipinski definition) is 0. The predicted molar refractivity (Wildman–Crippen MR) is 78.9 cm³/mol. The van der Waals surface area contributed by atoms with Gasteiger partial charge in [0.2, 0.25) is 0 Å². The van der Waals surface area contributed by atoms with E-state index in [1.165, 1.54) is 0 Å². The molecule has 0 N–H and O–H groups in total. The van der Waals surface area contributed by atoms with Gasteiger partial charge in [0.15, 0.2) is 0 Å². The molecule has 0 saturated heterocycles. The van der Waals surface area contributed by atoms with E-state index >= 15 is 0 Å². The van der Waals surface area contributed by atoms with Gasteiger partial charge >= 0.3 is 0 Å². The van der Waals surface area contributed by atoms with Crippen molar-refractivity contribution in [1.82, 2.24) is 4.98 Å². The molecule has 0 bridgehead atoms. The molecule has 1 aromatic carbocycles. The molecule has 3 nitrogen and oxygen atoms in total. The Morgan fingerprint density at radius 2 is 1.79 bits per heavy atom. The minimum Gasteiger partial charge on any atom is -0.224 e. The molecule has 0 spiro atoms. The highest BCUT2D eigenvalue weighted by Crippen LogP contribution is 2.28. The number of nitrogens with zero attached hydrogens (tertiary/aromatic N) is 3. The van der Waals surface area contributed by atoms with Crippen molar-refractivity contribution in [2.75, 3.05) is 0 Å². The smallest absolute Gasteiger partial charge is 0.135 e. The molecule has 0 aliphatic rings. The molecule has 98 valence electrons. The molecule has 0 fully saturated rings. The predicted octanol–water partition coefficient (Wildman–Crippen LogP) is 5.98. The van der Waals surface area contributed by atoms with Crippen LogP contribution < -0.4 is 0 Å². The first-order chi connectivity index (χ1) is 9.06. The monoisotopic (exact) mass is 333 g/mol. The summed E-state index contributed by atoms with van der Waals surface area (Å²) in [6.07, 6.45) is 0. The fourth-order valence-corrected chi connectivity index (χ4v) is 2.16. The second-order valence-corrected chi connectivity index (χ2v) is 5.17. The van der Waals surface area contributed by atoms with E-state index in [2.05, 4.69) is 15.2 Å². The van der Waals surface area contributed by atoms with Crippen molar-refractivity contribution in [2.45, 2.75) is 6.54 Å². The van der Waals surface area contributed by atoms with Gasteiger partial charge in [-0.15, -0.1) is 0 Å². The molecule has 1 aromatic heterocycles. The lowest BCUT2D eigenvalue weighted by molar-refractivity contribution is 0.950. The summed E-state index contributed by atoms with van der Waals surface area (Å²) in [4.78, 5) is 3.91. The van der Waals surface area contributed by atoms with Crippen LogP contribution in [0.5, 0.6) is 0 Å². The van der Waals surface area contributed by atoms with Gasteiger partial charge in [0.05, 0.1) is 11.6 Å². The van der Waals surface area contributed by atoms with Gasteiger partial charge in [-0.05, 0) is 24.3 Å². The summed E-state index contributed by atoms with van der Waals surface area (Å²) in [5, 5.41) is 9.69. The van der Waals surface area contributed by atoms with Gasteiger partial charge in [-0.1, -0.05) is 52.5 Å². The Kier molecular flexibility index (Phi) is 4.99. The summed E-state index contributed by atoms with van der Waals surface area (Å²) in [7, 11) is 0. The van der Waals surface area contributed by atoms with Gasteiger partial charge < -0.3 is 0 Å². The SMILES string of the molecule is Clc1ccc(N=NCc2ccc(Cl)nc2Cl)c(Cl)c1. The highest BCUT2D eigenvalue weighted by molar-refractivity contribution is 6.36. The molecule has 2 aromatic rings. The van der Waals surface area contributed by atoms with Crippen molar-refractivity contribution in [3.05, 3.63) is 56.2 Å². The van der Waals surface area contributed by atoms with Crippen molar-refractivity contribution in [3.63, 3.8) is 0 Å². The first-order valence-electron chi connectivity index (χ1n) is 5.20. The van der Waals surface area contributed by atoms with E-state index in [9.17, 15) is 0 Å². The zero-order valence-electron chi connectivity index (χ0n) is 9.45. The molecule has 2 rings (SSSR count). The van der Waals surface area contributed by atoms with Crippen LogP contribution in [-0.2, 0) is 6.54 Å². The van der Waals surface area contributed by atoms with Crippen LogP contribution in [0, 0.1) is 0 Å². The summed E-state index contributed by atoms with van der Waals surface area (Å²) in [5.41, 5.74) is 1.28. The molecular formula is C12H7Cl4N3. The van der Waals surface area contributed by atoms with E-state index in [1.54, 1.807) is 30.3 Å². The van der Waals surface area contributed by atoms with Gasteiger partial charge in [0.25, 0.3) is 0 Å². The van der Waals surface area contributed by atoms with E-state index < -0.39 is 0 Å². The fraction of sp³-hybridized carbons (Fsp3) is 0.0833. The minimum absolute atomic E-state index is 0.294. The van der Waals surface area contributed by atoms with E-state index in [0.29, 0.717) is 32.6 Å². The Hall–Kier alpha value is -0.870. The second-order valence-electron chi connectivity index (χ2n) is 3.58. The van der Waals surface area contributed by atoms with Crippen molar-refractivity contribution in [1.29, 1.82) is 0 Å². The summed E-state index contributed by atoms with van der Waals surface area (Å²) < 4.78 is 0. The lowest BCUT2D eigenvalue weighted by Crippen LogP contribution is -1.86. The molecule has 0 amide bonds. The molecule has 19 heavy (non-hydrogen) atoms. The topological polar surface area (TPSA) is 37.6 Å². The first kappa shape index (κ1) is 14.5. The number of aromatic nitrogens is 1. The lowest BCUT2D eigenvalue weighted by atomic mass is 10.3. The summed E-state index contributed by atoms with van der Waals surface area (Å²) in [5.74, 6) is 0. The van der Waals surface area contributed by atoms with E-state index in [0.717, 1.165) is 5.56 Å². The number of halogens is 4. The molecule has 7 heteroatoms. The molecule has 0 aliphatic heterocycles. The van der Waals surface area contributed by atoms with Crippen LogP contribution in [0.1, 0.15) is 5.56 Å². The largest absolute Gasteiger partial charge is 0.224 e. The molecule has 0 unspecified atom stereocenters. The van der Waals surface area contributed by atoms with Crippen molar-refractivity contribution in [3.8, 4) is 0 Å². The van der Waals surface area contributed by atoms with Gasteiger partial charge in [0, 0.05) is 10.6 Å². The van der Waals surface area contributed by atoms with Gasteiger partial charge in [-0.3, -0.25) is 0 Å². The average Bonchev–Trinajstić information content (AvgIpc) is 2.34. The van der Waals surface area contributed by atoms with Crippen molar-refractivity contribution < 1.29 is 0 Å². The Morgan fingerprint density at radius 1 is 1.00 bits per heavy atom. The van der Waals surface area contributed by atoms with Crippen LogP contribution in [0.2, 0.25) is 20.4 Å². The Bertz CT molecular complexity index is 628. The summed E-state index contributed by atoms with van der Waals surface area (Å²) in [6, 6.07) is 8.39. The minimum atomic E-state index is 0.294. The Labute approximate surface area is 130 Å². The maximum absolute atomic E-state index is 5.97. The van der Waals surface area contributed by atoms with E-state index in [1.807, 2.05) is 0 Å². The van der Waals surface area contributed by atoms with Crippen LogP contribution in [0.15, 0.2) is 40.6 Å². The van der Waals surface area contributed by atoms with Gasteiger partial charge in [-0.25, -0.2) is 4.98 Å². The zero-order valence-corrected chi connectivity index (χ0v) is 12.5. The molecule has 1 heterocycles. The normalized spacial score (nSPS) is 11.2. The van der Waals surface area contributed by atoms with Gasteiger partial charge in [0.1, 0.15) is 16.0 Å². The Balaban J connectivity index is 2.11. The number of hydrogen-bond acceptors (Lipinski definition) is 3. The molecule has 0 radical (unpaired) electrons. The Morgan fingerprint density at radius 3 is 2.47 bits per heavy atom. The number of pyridine rings is 1. The third-order valence-corrected chi connectivity index (χ3v) is 3.30. The molecule has 0 saturated carbocycles. The quantitative estimate of drug-likeness (QED) is 0.502. The molecule has 0 atom stereocenters. The molecule has 0 aliphatic carbocycles. The average molecular weight is 335 g/mol. The van der Waals surface area contributed by atoms with Crippen LogP contribution in [-0.4, -0.2) is 4.98 Å². The van der Waals surface area contributed by atoms with Crippen LogP contribution in [0.3, 0.4) is 0 Å². The summed E-state index contributed by atoms with van der Waals surface area (Å²) in [6.45, 7) is 0.294. The highest BCUT2D eigenvalue weighted by atomic mass is 35.5. The van der Waals surface area contributed by atoms with E-state index in [4.69, 9.17) is 46.4 Å². The first-order valence-corrected chi connectivity index (χ1v) is 6.71. The van der Waals surface area contributed by atoms with Crippen molar-refractivity contribution in [2.24, 2.45) is 10.2 Å². The zero-order chi connectivity index (χ0) is 13.8. The van der Waals surface area contributed by atoms with E-state index in [-0.39, 0.29) is 0 Å². The van der Waals surface area contributed by atoms with Crippen molar-refractivity contribution >= 4 is 52.1 Å². The third-order valence-electron chi connectivity index (χ3n) is 2.22. The standard InChI is InChI=1S/C12H7Cl4N3/c13-8-2-3-10(9(14)5-8)19-17-6-7-1-4-11(15)18-12(7)16/h1-5H,6H2. The maximum atomic E-state index is 5.97. The van der Waals surface area contributed by atoms with Crippen LogP contribution in [0.4, 0.5) is 5.69 Å². The maximum Gasteiger partial charge on any atom is 0.135 e. The van der Waals surface area contributed by atoms with Crippen LogP contribution in [0.25, 0.3) is 0 Å². The fourth-order valence-electron chi connectivity index (χ4n) is 1.31. The highest BCUT2D eigenvalue weighted by Gasteiger charge is 2.03. The second kappa shape index (κ2) is 6.53. The lowest BCUT2D eigenvalue weighted by Gasteiger charge is -2.00. The number of azo groups is 1. The number of rotatable bonds is 3. The molecular weight excluding hydrogens is 328 g/mol. The third kappa shape index (κ3) is 4.05. The summed E-state index contributed by atoms with van der Waals surface area (Å²) >= 11 is 23.4.